The molecule has 0 aromatic carbocycles. The van der Waals surface area contributed by atoms with Crippen LogP contribution in [0.4, 0.5) is 0 Å². The predicted molar refractivity (Wildman–Crippen MR) is 196 cm³/mol. The second kappa shape index (κ2) is 12.8. The van der Waals surface area contributed by atoms with Gasteiger partial charge in [-0.25, -0.2) is 0 Å². The Bertz CT molecular complexity index is 1600. The highest BCUT2D eigenvalue weighted by atomic mass is 16.7. The van der Waals surface area contributed by atoms with E-state index in [0.717, 1.165) is 75.7 Å². The summed E-state index contributed by atoms with van der Waals surface area (Å²) in [6.07, 6.45) is 19.0. The number of hydrogen-bond acceptors (Lipinski definition) is 8. The minimum absolute atomic E-state index is 0.0125. The lowest BCUT2D eigenvalue weighted by molar-refractivity contribution is -0.200. The number of rotatable bonds is 4. The lowest BCUT2D eigenvalue weighted by atomic mass is 9.46. The summed E-state index contributed by atoms with van der Waals surface area (Å²) in [7, 11) is 0. The molecule has 8 nitrogen and oxygen atoms in total. The molecule has 6 saturated carbocycles. The number of Topliss-reactive ketones (excluding diaryl/α,β-unsaturated/α-hetero) is 2. The highest BCUT2D eigenvalue weighted by Gasteiger charge is 2.75. The highest BCUT2D eigenvalue weighted by molar-refractivity contribution is 6.01. The Balaban J connectivity index is 0.000000160. The normalized spacial score (nSPS) is 51.3. The molecular weight excluding hydrogens is 656 g/mol. The molecule has 0 aromatic rings. The molecule has 8 aliphatic carbocycles. The van der Waals surface area contributed by atoms with Crippen LogP contribution in [0.1, 0.15) is 125 Å². The van der Waals surface area contributed by atoms with E-state index in [1.165, 1.54) is 12.0 Å². The summed E-state index contributed by atoms with van der Waals surface area (Å²) >= 11 is 0. The van der Waals surface area contributed by atoms with Crippen LogP contribution in [-0.2, 0) is 23.9 Å². The third-order valence-electron chi connectivity index (χ3n) is 17.2. The standard InChI is InChI=1S/C25H34O6.C19H28O2/c1-4-5-21-30-20-11-17-16-7-6-14-10-15(27)8-9-23(14,2)22(16)18(28)12-24(17,3)25(20,31-21)19(29)13-26;1-18-9-7-13(20)11-12(18)3-4-14-15-5-6-17(21)19(15,2)10-8-16(14)18/h8-10,16-18,20-22,26,28H,4-7,11-13H2,1-3H3;3,13-16,20H,4-11H2,1-2H3/t16-,17-,18-,20+,21?,22+,23-,24-,25+;13-,14-,15-,16-,18-,19-/m00/s1. The van der Waals surface area contributed by atoms with E-state index in [4.69, 9.17) is 9.47 Å². The Labute approximate surface area is 309 Å². The van der Waals surface area contributed by atoms with Gasteiger partial charge in [-0.1, -0.05) is 64.3 Å². The molecule has 52 heavy (non-hydrogen) atoms. The number of carbonyl (C=O) groups excluding carboxylic acids is 3. The predicted octanol–water partition coefficient (Wildman–Crippen LogP) is 6.60. The van der Waals surface area contributed by atoms with Crippen molar-refractivity contribution in [1.29, 1.82) is 0 Å². The van der Waals surface area contributed by atoms with Gasteiger partial charge in [0.1, 0.15) is 12.4 Å². The van der Waals surface area contributed by atoms with Gasteiger partial charge in [-0.3, -0.25) is 14.4 Å². The molecule has 0 aromatic heterocycles. The Morgan fingerprint density at radius 3 is 2.42 bits per heavy atom. The minimum atomic E-state index is -1.20. The van der Waals surface area contributed by atoms with Crippen LogP contribution < -0.4 is 0 Å². The number of fused-ring (bicyclic) bond motifs is 12. The summed E-state index contributed by atoms with van der Waals surface area (Å²) < 4.78 is 12.7. The summed E-state index contributed by atoms with van der Waals surface area (Å²) in [5.41, 5.74) is 0.760. The Hall–Kier alpha value is -1.97. The molecule has 1 aliphatic heterocycles. The SMILES string of the molecule is CCCC1O[C@@H]2C[C@H]3[C@@H]4CCC5=CC(=O)C=C[C@]5(C)[C@H]4[C@@H](O)C[C@]3(C)[C@]2(C(=O)CO)O1.C[C@]12CC[C@H](O)CC1=CC[C@@H]1[C@@H]2CC[C@]2(C)C(=O)CC[C@@H]12. The molecule has 3 N–H and O–H groups in total. The molecule has 0 bridgehead atoms. The van der Waals surface area contributed by atoms with E-state index < -0.39 is 36.1 Å². The van der Waals surface area contributed by atoms with Gasteiger partial charge >= 0.3 is 0 Å². The maximum atomic E-state index is 13.2. The van der Waals surface area contributed by atoms with Crippen LogP contribution in [0.2, 0.25) is 0 Å². The minimum Gasteiger partial charge on any atom is -0.393 e. The molecule has 15 atom stereocenters. The van der Waals surface area contributed by atoms with E-state index >= 15 is 0 Å². The summed E-state index contributed by atoms with van der Waals surface area (Å²) in [5, 5.41) is 31.4. The molecule has 9 aliphatic rings. The van der Waals surface area contributed by atoms with Crippen LogP contribution in [0.3, 0.4) is 0 Å². The van der Waals surface area contributed by atoms with Gasteiger partial charge in [0.2, 0.25) is 0 Å². The molecule has 8 heteroatoms. The maximum absolute atomic E-state index is 13.2. The van der Waals surface area contributed by atoms with E-state index in [1.54, 1.807) is 12.2 Å². The Kier molecular flexibility index (Phi) is 9.10. The zero-order valence-corrected chi connectivity index (χ0v) is 32.1. The van der Waals surface area contributed by atoms with E-state index in [1.807, 2.05) is 6.08 Å². The van der Waals surface area contributed by atoms with Crippen LogP contribution in [0.15, 0.2) is 35.5 Å². The lowest BCUT2D eigenvalue weighted by Crippen LogP contribution is -2.63. The zero-order chi connectivity index (χ0) is 37.0. The van der Waals surface area contributed by atoms with Crippen molar-refractivity contribution < 1.29 is 39.2 Å². The first-order valence-corrected chi connectivity index (χ1v) is 20.7. The van der Waals surface area contributed by atoms with Gasteiger partial charge in [0.15, 0.2) is 23.5 Å². The topological polar surface area (TPSA) is 130 Å². The number of carbonyl (C=O) groups is 3. The molecule has 0 spiro atoms. The quantitative estimate of drug-likeness (QED) is 0.278. The summed E-state index contributed by atoms with van der Waals surface area (Å²) in [5.74, 6) is 2.63. The van der Waals surface area contributed by atoms with Crippen molar-refractivity contribution in [2.45, 2.75) is 155 Å². The van der Waals surface area contributed by atoms with Crippen molar-refractivity contribution in [2.24, 2.45) is 57.2 Å². The van der Waals surface area contributed by atoms with Crippen LogP contribution >= 0.6 is 0 Å². The summed E-state index contributed by atoms with van der Waals surface area (Å²) in [6.45, 7) is 10.4. The molecular formula is C44H62O8. The number of hydrogen-bond donors (Lipinski definition) is 3. The summed E-state index contributed by atoms with van der Waals surface area (Å²) in [6, 6.07) is 0. The van der Waals surface area contributed by atoms with Crippen LogP contribution in [0, 0.1) is 57.2 Å². The van der Waals surface area contributed by atoms with Crippen molar-refractivity contribution in [3.8, 4) is 0 Å². The highest BCUT2D eigenvalue weighted by Crippen LogP contribution is 2.70. The van der Waals surface area contributed by atoms with Crippen LogP contribution in [0.5, 0.6) is 0 Å². The average Bonchev–Trinajstić information content (AvgIpc) is 3.71. The van der Waals surface area contributed by atoms with Gasteiger partial charge in [0.05, 0.1) is 18.3 Å². The first kappa shape index (κ1) is 37.0. The van der Waals surface area contributed by atoms with Gasteiger partial charge in [0.25, 0.3) is 0 Å². The third kappa shape index (κ3) is 5.05. The van der Waals surface area contributed by atoms with Crippen molar-refractivity contribution in [1.82, 2.24) is 0 Å². The molecule has 1 heterocycles. The van der Waals surface area contributed by atoms with E-state index in [9.17, 15) is 29.7 Å². The lowest BCUT2D eigenvalue weighted by Gasteiger charge is -2.59. The second-order valence-corrected chi connectivity index (χ2v) is 19.3. The van der Waals surface area contributed by atoms with Crippen molar-refractivity contribution >= 4 is 17.3 Å². The van der Waals surface area contributed by atoms with Crippen molar-refractivity contribution in [2.75, 3.05) is 6.61 Å². The van der Waals surface area contributed by atoms with Gasteiger partial charge in [-0.15, -0.1) is 0 Å². The average molecular weight is 719 g/mol. The second-order valence-electron chi connectivity index (χ2n) is 19.3. The van der Waals surface area contributed by atoms with E-state index in [-0.39, 0.29) is 46.3 Å². The number of aliphatic hydroxyl groups is 3. The number of ether oxygens (including phenoxy) is 2. The number of allylic oxidation sites excluding steroid dienone is 5. The number of aliphatic hydroxyl groups excluding tert-OH is 3. The molecule has 0 amide bonds. The molecule has 1 saturated heterocycles. The van der Waals surface area contributed by atoms with E-state index in [2.05, 4.69) is 40.7 Å². The largest absolute Gasteiger partial charge is 0.393 e. The van der Waals surface area contributed by atoms with Crippen molar-refractivity contribution in [3.63, 3.8) is 0 Å². The molecule has 286 valence electrons. The Morgan fingerprint density at radius 1 is 0.923 bits per heavy atom. The van der Waals surface area contributed by atoms with Gasteiger partial charge in [-0.05, 0) is 124 Å². The van der Waals surface area contributed by atoms with Gasteiger partial charge in [-0.2, -0.15) is 0 Å². The Morgan fingerprint density at radius 2 is 1.67 bits per heavy atom. The number of ketones is 3. The fourth-order valence-corrected chi connectivity index (χ4v) is 14.5. The van der Waals surface area contributed by atoms with Gasteiger partial charge in [0, 0.05) is 28.6 Å². The summed E-state index contributed by atoms with van der Waals surface area (Å²) in [4.78, 5) is 37.6. The fraction of sp³-hybridized carbons (Fsp3) is 0.795. The first-order valence-electron chi connectivity index (χ1n) is 20.7. The van der Waals surface area contributed by atoms with Crippen molar-refractivity contribution in [3.05, 3.63) is 35.5 Å². The monoisotopic (exact) mass is 718 g/mol. The maximum Gasteiger partial charge on any atom is 0.193 e. The first-order chi connectivity index (χ1) is 24.7. The third-order valence-corrected chi connectivity index (χ3v) is 17.2. The smallest absolute Gasteiger partial charge is 0.193 e. The molecule has 7 fully saturated rings. The zero-order valence-electron chi connectivity index (χ0n) is 32.1. The van der Waals surface area contributed by atoms with E-state index in [0.29, 0.717) is 42.3 Å². The fourth-order valence-electron chi connectivity index (χ4n) is 14.5. The molecule has 9 rings (SSSR count). The van der Waals surface area contributed by atoms with Gasteiger partial charge < -0.3 is 24.8 Å². The van der Waals surface area contributed by atoms with Crippen LogP contribution in [0.25, 0.3) is 0 Å². The molecule has 0 radical (unpaired) electrons. The molecule has 1 unspecified atom stereocenters. The van der Waals surface area contributed by atoms with Crippen LogP contribution in [-0.4, -0.2) is 69.5 Å².